The van der Waals surface area contributed by atoms with E-state index in [-0.39, 0.29) is 5.56 Å². The molecular weight excluding hydrogens is 242 g/mol. The minimum atomic E-state index is -0.149. The van der Waals surface area contributed by atoms with Crippen LogP contribution in [-0.4, -0.2) is 26.2 Å². The van der Waals surface area contributed by atoms with Crippen LogP contribution in [-0.2, 0) is 6.54 Å². The highest BCUT2D eigenvalue weighted by Crippen LogP contribution is 2.05. The zero-order chi connectivity index (χ0) is 13.2. The first-order valence-corrected chi connectivity index (χ1v) is 5.94. The minimum absolute atomic E-state index is 0.149. The Morgan fingerprint density at radius 1 is 1.37 bits per heavy atom. The van der Waals surface area contributed by atoms with Gasteiger partial charge in [-0.2, -0.15) is 5.10 Å². The van der Waals surface area contributed by atoms with E-state index in [4.69, 9.17) is 0 Å². The van der Waals surface area contributed by atoms with Crippen LogP contribution < -0.4 is 10.9 Å². The summed E-state index contributed by atoms with van der Waals surface area (Å²) >= 11 is 0. The fraction of sp³-hybridized carbons (Fsp3) is 0.154. The van der Waals surface area contributed by atoms with Gasteiger partial charge in [-0.05, 0) is 12.1 Å². The molecule has 6 heteroatoms. The number of imidazole rings is 1. The average Bonchev–Trinajstić information content (AvgIpc) is 2.83. The van der Waals surface area contributed by atoms with Crippen molar-refractivity contribution in [2.45, 2.75) is 6.54 Å². The molecule has 0 aromatic carbocycles. The number of anilines is 1. The summed E-state index contributed by atoms with van der Waals surface area (Å²) in [4.78, 5) is 16.3. The van der Waals surface area contributed by atoms with Gasteiger partial charge in [0.1, 0.15) is 5.65 Å². The van der Waals surface area contributed by atoms with Crippen LogP contribution in [0.25, 0.3) is 5.65 Å². The van der Waals surface area contributed by atoms with Gasteiger partial charge < -0.3 is 9.72 Å². The molecule has 3 rings (SSSR count). The standard InChI is InChI=1S/C13H13N5O/c1-14-10-6-13(19)18(15-7-10)9-11-8-17-5-3-2-4-12(17)16-11/h2-8,14H,9H2,1H3. The van der Waals surface area contributed by atoms with Crippen molar-refractivity contribution in [3.8, 4) is 0 Å². The molecule has 19 heavy (non-hydrogen) atoms. The minimum Gasteiger partial charge on any atom is -0.387 e. The maximum Gasteiger partial charge on any atom is 0.269 e. The molecule has 0 saturated heterocycles. The van der Waals surface area contributed by atoms with E-state index in [0.29, 0.717) is 12.2 Å². The number of nitrogens with zero attached hydrogens (tertiary/aromatic N) is 4. The van der Waals surface area contributed by atoms with E-state index in [9.17, 15) is 4.79 Å². The van der Waals surface area contributed by atoms with Crippen LogP contribution in [0.2, 0.25) is 0 Å². The van der Waals surface area contributed by atoms with Gasteiger partial charge in [0, 0.05) is 25.5 Å². The number of aromatic nitrogens is 4. The number of hydrogen-bond donors (Lipinski definition) is 1. The molecule has 0 atom stereocenters. The van der Waals surface area contributed by atoms with Gasteiger partial charge in [0.25, 0.3) is 5.56 Å². The quantitative estimate of drug-likeness (QED) is 0.757. The first kappa shape index (κ1) is 11.5. The van der Waals surface area contributed by atoms with Crippen molar-refractivity contribution >= 4 is 11.3 Å². The molecule has 3 aromatic heterocycles. The third-order valence-electron chi connectivity index (χ3n) is 2.88. The largest absolute Gasteiger partial charge is 0.387 e. The third-order valence-corrected chi connectivity index (χ3v) is 2.88. The molecule has 0 radical (unpaired) electrons. The van der Waals surface area contributed by atoms with Crippen molar-refractivity contribution in [1.82, 2.24) is 19.2 Å². The summed E-state index contributed by atoms with van der Waals surface area (Å²) < 4.78 is 3.31. The van der Waals surface area contributed by atoms with Gasteiger partial charge in [0.2, 0.25) is 0 Å². The molecule has 0 aliphatic carbocycles. The summed E-state index contributed by atoms with van der Waals surface area (Å²) in [6.07, 6.45) is 5.44. The normalized spacial score (nSPS) is 10.8. The van der Waals surface area contributed by atoms with Crippen LogP contribution >= 0.6 is 0 Å². The lowest BCUT2D eigenvalue weighted by Crippen LogP contribution is -2.22. The van der Waals surface area contributed by atoms with Gasteiger partial charge in [-0.25, -0.2) is 9.67 Å². The van der Waals surface area contributed by atoms with E-state index >= 15 is 0 Å². The van der Waals surface area contributed by atoms with Gasteiger partial charge >= 0.3 is 0 Å². The fourth-order valence-electron chi connectivity index (χ4n) is 1.91. The van der Waals surface area contributed by atoms with E-state index in [1.165, 1.54) is 10.7 Å². The lowest BCUT2D eigenvalue weighted by Gasteiger charge is -2.03. The summed E-state index contributed by atoms with van der Waals surface area (Å²) in [5.41, 5.74) is 2.22. The highest BCUT2D eigenvalue weighted by Gasteiger charge is 2.04. The van der Waals surface area contributed by atoms with Crippen molar-refractivity contribution in [3.05, 3.63) is 58.9 Å². The van der Waals surface area contributed by atoms with Crippen LogP contribution in [0.3, 0.4) is 0 Å². The summed E-state index contributed by atoms with van der Waals surface area (Å²) in [5.74, 6) is 0. The number of nitrogens with one attached hydrogen (secondary N) is 1. The Hall–Kier alpha value is -2.63. The van der Waals surface area contributed by atoms with Gasteiger partial charge in [-0.3, -0.25) is 4.79 Å². The highest BCUT2D eigenvalue weighted by molar-refractivity contribution is 5.40. The van der Waals surface area contributed by atoms with E-state index in [1.54, 1.807) is 13.2 Å². The van der Waals surface area contributed by atoms with E-state index < -0.39 is 0 Å². The topological polar surface area (TPSA) is 64.2 Å². The summed E-state index contributed by atoms with van der Waals surface area (Å²) in [5, 5.41) is 6.99. The second kappa shape index (κ2) is 4.56. The Morgan fingerprint density at radius 2 is 2.26 bits per heavy atom. The van der Waals surface area contributed by atoms with Gasteiger partial charge in [-0.15, -0.1) is 0 Å². The Morgan fingerprint density at radius 3 is 3.00 bits per heavy atom. The molecule has 0 aliphatic rings. The van der Waals surface area contributed by atoms with Crippen LogP contribution in [0.1, 0.15) is 5.69 Å². The van der Waals surface area contributed by atoms with E-state index in [1.807, 2.05) is 35.0 Å². The lowest BCUT2D eigenvalue weighted by molar-refractivity contribution is 0.631. The molecule has 0 amide bonds. The maximum absolute atomic E-state index is 11.8. The lowest BCUT2D eigenvalue weighted by atomic mass is 10.4. The molecule has 0 saturated carbocycles. The molecule has 0 aliphatic heterocycles. The van der Waals surface area contributed by atoms with Gasteiger partial charge in [0.05, 0.1) is 24.1 Å². The van der Waals surface area contributed by atoms with Crippen LogP contribution in [0.5, 0.6) is 0 Å². The predicted molar refractivity (Wildman–Crippen MR) is 72.3 cm³/mol. The van der Waals surface area contributed by atoms with Gasteiger partial charge in [-0.1, -0.05) is 6.07 Å². The van der Waals surface area contributed by atoms with Crippen LogP contribution in [0, 0.1) is 0 Å². The Labute approximate surface area is 109 Å². The first-order chi connectivity index (χ1) is 9.26. The second-order valence-corrected chi connectivity index (χ2v) is 4.19. The SMILES string of the molecule is CNc1cnn(Cc2cn3ccccc3n2)c(=O)c1. The van der Waals surface area contributed by atoms with Crippen molar-refractivity contribution in [3.63, 3.8) is 0 Å². The summed E-state index contributed by atoms with van der Waals surface area (Å²) in [7, 11) is 1.75. The van der Waals surface area contributed by atoms with Crippen LogP contribution in [0.15, 0.2) is 47.7 Å². The van der Waals surface area contributed by atoms with Crippen molar-refractivity contribution in [2.24, 2.45) is 0 Å². The zero-order valence-electron chi connectivity index (χ0n) is 10.4. The Balaban J connectivity index is 1.94. The predicted octanol–water partition coefficient (Wildman–Crippen LogP) is 0.981. The van der Waals surface area contributed by atoms with Crippen molar-refractivity contribution in [1.29, 1.82) is 0 Å². The molecule has 96 valence electrons. The Bertz CT molecular complexity index is 741. The second-order valence-electron chi connectivity index (χ2n) is 4.19. The number of rotatable bonds is 3. The molecule has 1 N–H and O–H groups in total. The smallest absolute Gasteiger partial charge is 0.269 e. The molecule has 0 spiro atoms. The molecule has 3 aromatic rings. The van der Waals surface area contributed by atoms with E-state index in [0.717, 1.165) is 11.3 Å². The van der Waals surface area contributed by atoms with Gasteiger partial charge in [0.15, 0.2) is 0 Å². The molecule has 0 fully saturated rings. The summed E-state index contributed by atoms with van der Waals surface area (Å²) in [6.45, 7) is 0.366. The number of hydrogen-bond acceptors (Lipinski definition) is 4. The zero-order valence-corrected chi connectivity index (χ0v) is 10.4. The van der Waals surface area contributed by atoms with Crippen molar-refractivity contribution in [2.75, 3.05) is 12.4 Å². The molecule has 0 unspecified atom stereocenters. The maximum atomic E-state index is 11.8. The molecule has 0 bridgehead atoms. The first-order valence-electron chi connectivity index (χ1n) is 5.94. The number of fused-ring (bicyclic) bond motifs is 1. The monoisotopic (exact) mass is 255 g/mol. The number of pyridine rings is 1. The Kier molecular flexibility index (Phi) is 2.75. The molecule has 6 nitrogen and oxygen atoms in total. The fourth-order valence-corrected chi connectivity index (χ4v) is 1.91. The van der Waals surface area contributed by atoms with Crippen LogP contribution in [0.4, 0.5) is 5.69 Å². The third kappa shape index (κ3) is 2.20. The van der Waals surface area contributed by atoms with Crippen molar-refractivity contribution < 1.29 is 0 Å². The summed E-state index contributed by atoms with van der Waals surface area (Å²) in [6, 6.07) is 7.30. The van der Waals surface area contributed by atoms with E-state index in [2.05, 4.69) is 15.4 Å². The molecular formula is C13H13N5O. The highest BCUT2D eigenvalue weighted by atomic mass is 16.1. The molecule has 3 heterocycles. The average molecular weight is 255 g/mol.